The van der Waals surface area contributed by atoms with Crippen molar-refractivity contribution in [2.75, 3.05) is 0 Å². The fourth-order valence-electron chi connectivity index (χ4n) is 3.72. The van der Waals surface area contributed by atoms with Crippen molar-refractivity contribution in [3.8, 4) is 11.6 Å². The van der Waals surface area contributed by atoms with Crippen LogP contribution < -0.4 is 4.74 Å². The number of fused-ring (bicyclic) bond motifs is 1. The van der Waals surface area contributed by atoms with Crippen molar-refractivity contribution >= 4 is 16.6 Å². The van der Waals surface area contributed by atoms with Crippen LogP contribution in [0.25, 0.3) is 10.8 Å². The Bertz CT molecular complexity index is 1240. The number of para-hydroxylation sites is 1. The van der Waals surface area contributed by atoms with Crippen molar-refractivity contribution in [1.82, 2.24) is 4.98 Å². The summed E-state index contributed by atoms with van der Waals surface area (Å²) in [6.07, 6.45) is 2.99. The van der Waals surface area contributed by atoms with Gasteiger partial charge in [-0.2, -0.15) is 18.2 Å². The molecule has 0 unspecified atom stereocenters. The number of pyridine rings is 1. The first-order valence-corrected chi connectivity index (χ1v) is 13.8. The third-order valence-corrected chi connectivity index (χ3v) is 7.37. The van der Waals surface area contributed by atoms with Crippen LogP contribution in [0.15, 0.2) is 60.4 Å². The molecule has 0 amide bonds. The molecular weight excluding hydrogens is 663 g/mol. The van der Waals surface area contributed by atoms with Gasteiger partial charge in [-0.1, -0.05) is 87.4 Å². The number of aliphatic hydroxyl groups is 1. The maximum atomic E-state index is 11.8. The maximum Gasteiger partial charge on any atom is 0.217 e. The summed E-state index contributed by atoms with van der Waals surface area (Å²) in [6, 6.07) is 19.2. The zero-order valence-electron chi connectivity index (χ0n) is 25.3. The molecule has 3 aromatic rings. The number of allylic oxidation sites excluding steroid dienone is 2. The van der Waals surface area contributed by atoms with Crippen molar-refractivity contribution in [1.29, 1.82) is 0 Å². The molecule has 3 rings (SSSR count). The number of aliphatic hydroxyl groups excluding tert-OH is 1. The molecule has 1 N–H and O–H groups in total. The first-order chi connectivity index (χ1) is 17.7. The maximum absolute atomic E-state index is 11.8. The predicted octanol–water partition coefficient (Wildman–Crippen LogP) is 9.94. The summed E-state index contributed by atoms with van der Waals surface area (Å²) in [4.78, 5) is 16.6. The van der Waals surface area contributed by atoms with Gasteiger partial charge in [0.25, 0.3) is 0 Å². The second-order valence-corrected chi connectivity index (χ2v) is 11.8. The summed E-state index contributed by atoms with van der Waals surface area (Å²) in [7, 11) is 0. The number of ether oxygens (including phenoxy) is 1. The molecule has 1 radical (unpaired) electrons. The van der Waals surface area contributed by atoms with Crippen LogP contribution in [0.1, 0.15) is 105 Å². The molecule has 0 aliphatic rings. The molecule has 1 aromatic heterocycles. The Hall–Kier alpha value is -2.49. The van der Waals surface area contributed by atoms with E-state index in [2.05, 4.69) is 58.0 Å². The number of nitrogens with zero attached hydrogens (tertiary/aromatic N) is 1. The first kappa shape index (κ1) is 34.5. The molecule has 2 aromatic carbocycles. The molecule has 0 spiro atoms. The Balaban J connectivity index is 0.000000418. The fraction of sp³-hybridized carbons (Fsp3) is 0.471. The smallest absolute Gasteiger partial charge is 0.217 e. The largest absolute Gasteiger partial charge is 0.512 e. The normalized spacial score (nSPS) is 12.2. The van der Waals surface area contributed by atoms with Crippen molar-refractivity contribution in [3.63, 3.8) is 0 Å². The molecule has 0 bridgehead atoms. The molecule has 0 aliphatic carbocycles. The van der Waals surface area contributed by atoms with Crippen LogP contribution in [0.2, 0.25) is 0 Å². The van der Waals surface area contributed by atoms with Gasteiger partial charge in [-0.05, 0) is 35.6 Å². The first-order valence-electron chi connectivity index (χ1n) is 13.8. The van der Waals surface area contributed by atoms with Gasteiger partial charge in [0.05, 0.1) is 5.69 Å². The number of hydrogen-bond acceptors (Lipinski definition) is 4. The van der Waals surface area contributed by atoms with Crippen molar-refractivity contribution in [2.45, 2.75) is 93.9 Å². The number of carbonyl (C=O) groups excluding carboxylic acids is 1. The standard InChI is InChI=1S/C21H22NO.C13H24O2.Ir/c1-14(2)17-11-8-12-18-19(17)13-20(22-21(18)15(3)4)23-16-9-6-5-7-10-16;1-7-12(3,4)10(14)9-11(15)13(5,6)8-2;/h5-9,11-15H,1-4H3;9,14H,7-8H2,1-6H3;/q-1;;/b;10-9-;. The van der Waals surface area contributed by atoms with Crippen molar-refractivity contribution in [2.24, 2.45) is 10.8 Å². The van der Waals surface area contributed by atoms with E-state index in [-0.39, 0.29) is 42.5 Å². The summed E-state index contributed by atoms with van der Waals surface area (Å²) in [5.74, 6) is 2.31. The van der Waals surface area contributed by atoms with Gasteiger partial charge >= 0.3 is 0 Å². The molecule has 5 heteroatoms. The molecular formula is C34H46IrNO3-. The number of hydrogen-bond donors (Lipinski definition) is 1. The van der Waals surface area contributed by atoms with Gasteiger partial charge in [0.15, 0.2) is 5.78 Å². The molecule has 1 heterocycles. The number of aromatic nitrogens is 1. The van der Waals surface area contributed by atoms with Crippen molar-refractivity contribution in [3.05, 3.63) is 77.7 Å². The average molecular weight is 709 g/mol. The minimum atomic E-state index is -0.377. The fourth-order valence-corrected chi connectivity index (χ4v) is 3.72. The SMILES string of the molecule is CC(C)c1cccc2c(C(C)C)nc(Oc3[c-]cccc3)cc12.CCC(C)(C)C(=O)/C=C(\O)C(C)(C)CC.[Ir]. The van der Waals surface area contributed by atoms with E-state index in [0.29, 0.717) is 23.5 Å². The third kappa shape index (κ3) is 9.29. The van der Waals surface area contributed by atoms with E-state index in [0.717, 1.165) is 18.5 Å². The van der Waals surface area contributed by atoms with Crippen LogP contribution in [-0.4, -0.2) is 15.9 Å². The molecule has 0 saturated carbocycles. The Morgan fingerprint density at radius 2 is 1.59 bits per heavy atom. The van der Waals surface area contributed by atoms with Crippen LogP contribution in [-0.2, 0) is 24.9 Å². The molecule has 0 aliphatic heterocycles. The Morgan fingerprint density at radius 3 is 2.10 bits per heavy atom. The van der Waals surface area contributed by atoms with E-state index >= 15 is 0 Å². The minimum absolute atomic E-state index is 0. The molecule has 0 atom stereocenters. The van der Waals surface area contributed by atoms with E-state index in [1.165, 1.54) is 22.4 Å². The number of benzene rings is 2. The quantitative estimate of drug-likeness (QED) is 0.137. The monoisotopic (exact) mass is 709 g/mol. The van der Waals surface area contributed by atoms with Gasteiger partial charge in [-0.15, -0.1) is 12.1 Å². The van der Waals surface area contributed by atoms with Crippen LogP contribution >= 0.6 is 0 Å². The third-order valence-electron chi connectivity index (χ3n) is 7.37. The number of ketones is 1. The molecule has 0 saturated heterocycles. The predicted molar refractivity (Wildman–Crippen MR) is 159 cm³/mol. The van der Waals surface area contributed by atoms with Gasteiger partial charge in [-0.25, -0.2) is 4.98 Å². The van der Waals surface area contributed by atoms with Gasteiger partial charge in [0.2, 0.25) is 5.88 Å². The van der Waals surface area contributed by atoms with Crippen LogP contribution in [0, 0.1) is 16.9 Å². The molecule has 4 nitrogen and oxygen atoms in total. The Labute approximate surface area is 249 Å². The average Bonchev–Trinajstić information content (AvgIpc) is 2.88. The summed E-state index contributed by atoms with van der Waals surface area (Å²) in [5, 5.41) is 12.3. The summed E-state index contributed by atoms with van der Waals surface area (Å²) in [6.45, 7) is 20.4. The summed E-state index contributed by atoms with van der Waals surface area (Å²) >= 11 is 0. The Morgan fingerprint density at radius 1 is 0.949 bits per heavy atom. The van der Waals surface area contributed by atoms with E-state index < -0.39 is 0 Å². The van der Waals surface area contributed by atoms with Gasteiger partial charge in [0.1, 0.15) is 5.76 Å². The van der Waals surface area contributed by atoms with Crippen molar-refractivity contribution < 1.29 is 34.7 Å². The van der Waals surface area contributed by atoms with Crippen LogP contribution in [0.5, 0.6) is 11.6 Å². The van der Waals surface area contributed by atoms with E-state index in [9.17, 15) is 9.90 Å². The summed E-state index contributed by atoms with van der Waals surface area (Å²) in [5.41, 5.74) is 1.72. The zero-order valence-corrected chi connectivity index (χ0v) is 27.7. The molecule has 215 valence electrons. The Kier molecular flexibility index (Phi) is 13.1. The second kappa shape index (κ2) is 14.8. The van der Waals surface area contributed by atoms with E-state index in [4.69, 9.17) is 9.72 Å². The summed E-state index contributed by atoms with van der Waals surface area (Å²) < 4.78 is 5.95. The zero-order chi connectivity index (χ0) is 28.7. The second-order valence-electron chi connectivity index (χ2n) is 11.8. The number of rotatable bonds is 9. The molecule has 0 fully saturated rings. The van der Waals surface area contributed by atoms with Crippen LogP contribution in [0.3, 0.4) is 0 Å². The number of carbonyl (C=O) groups is 1. The topological polar surface area (TPSA) is 59.4 Å². The van der Waals surface area contributed by atoms with E-state index in [1.54, 1.807) is 0 Å². The van der Waals surface area contributed by atoms with Gasteiger partial charge in [0, 0.05) is 54.2 Å². The van der Waals surface area contributed by atoms with E-state index in [1.807, 2.05) is 65.8 Å². The van der Waals surface area contributed by atoms with Gasteiger partial charge < -0.3 is 9.84 Å². The minimum Gasteiger partial charge on any atom is -0.512 e. The van der Waals surface area contributed by atoms with Gasteiger partial charge in [-0.3, -0.25) is 4.79 Å². The van der Waals surface area contributed by atoms with Crippen LogP contribution in [0.4, 0.5) is 0 Å². The molecule has 39 heavy (non-hydrogen) atoms.